The lowest BCUT2D eigenvalue weighted by atomic mass is 10.3. The Morgan fingerprint density at radius 3 is 2.56 bits per heavy atom. The predicted octanol–water partition coefficient (Wildman–Crippen LogP) is 1.18. The van der Waals surface area contributed by atoms with E-state index in [1.54, 1.807) is 0 Å². The fourth-order valence-corrected chi connectivity index (χ4v) is 1.18. The van der Waals surface area contributed by atoms with Gasteiger partial charge in [0.2, 0.25) is 0 Å². The second-order valence-electron chi connectivity index (χ2n) is 2.47. The minimum absolute atomic E-state index is 0.407. The first-order valence-corrected chi connectivity index (χ1v) is 5.03. The van der Waals surface area contributed by atoms with Gasteiger partial charge >= 0.3 is 15.6 Å². The Balaban J connectivity index is 3.13. The van der Waals surface area contributed by atoms with Gasteiger partial charge in [0.05, 0.1) is 0 Å². The minimum atomic E-state index is -5.76. The Labute approximate surface area is 88.2 Å². The van der Waals surface area contributed by atoms with Crippen molar-refractivity contribution in [3.63, 3.8) is 0 Å². The summed E-state index contributed by atoms with van der Waals surface area (Å²) in [7, 11) is -5.76. The third-order valence-corrected chi connectivity index (χ3v) is 2.35. The van der Waals surface area contributed by atoms with Crippen LogP contribution in [0.5, 0.6) is 5.75 Å². The molecule has 1 aromatic rings. The maximum Gasteiger partial charge on any atom is 0.534 e. The molecule has 0 atom stereocenters. The second-order valence-corrected chi connectivity index (χ2v) is 4.00. The summed E-state index contributed by atoms with van der Waals surface area (Å²) in [4.78, 5) is 3.43. The van der Waals surface area contributed by atoms with Crippen LogP contribution in [-0.2, 0) is 10.1 Å². The summed E-state index contributed by atoms with van der Waals surface area (Å²) in [6, 6.07) is 2.30. The normalized spacial score (nSPS) is 11.9. The molecule has 0 aromatic carbocycles. The van der Waals surface area contributed by atoms with Crippen molar-refractivity contribution < 1.29 is 25.8 Å². The van der Waals surface area contributed by atoms with Crippen molar-refractivity contribution >= 4 is 10.1 Å². The smallest absolute Gasteiger partial charge is 0.374 e. The molecule has 0 spiro atoms. The Bertz CT molecular complexity index is 533. The van der Waals surface area contributed by atoms with Crippen LogP contribution < -0.4 is 4.18 Å². The van der Waals surface area contributed by atoms with Gasteiger partial charge in [-0.3, -0.25) is 4.98 Å². The van der Waals surface area contributed by atoms with Crippen molar-refractivity contribution in [1.82, 2.24) is 4.98 Å². The fourth-order valence-electron chi connectivity index (χ4n) is 0.704. The summed E-state index contributed by atoms with van der Waals surface area (Å²) in [5, 5.41) is 8.47. The van der Waals surface area contributed by atoms with Crippen molar-refractivity contribution in [3.05, 3.63) is 24.0 Å². The van der Waals surface area contributed by atoms with Gasteiger partial charge in [-0.25, -0.2) is 0 Å². The standard InChI is InChI=1S/C7H3F3N2O3S/c8-7(9,10)16(13,14)15-6-1-2-12-4-5(6)3-11/h1-2,4H. The Kier molecular flexibility index (Phi) is 3.04. The number of hydrogen-bond donors (Lipinski definition) is 0. The van der Waals surface area contributed by atoms with E-state index in [0.717, 1.165) is 18.5 Å². The fraction of sp³-hybridized carbons (Fsp3) is 0.143. The van der Waals surface area contributed by atoms with Gasteiger partial charge in [0.25, 0.3) is 0 Å². The lowest BCUT2D eigenvalue weighted by molar-refractivity contribution is -0.0500. The number of aromatic nitrogens is 1. The zero-order chi connectivity index (χ0) is 12.4. The number of nitriles is 1. The van der Waals surface area contributed by atoms with Crippen LogP contribution in [0.15, 0.2) is 18.5 Å². The Morgan fingerprint density at radius 2 is 2.06 bits per heavy atom. The highest BCUT2D eigenvalue weighted by molar-refractivity contribution is 7.88. The van der Waals surface area contributed by atoms with Gasteiger partial charge in [-0.05, 0) is 0 Å². The van der Waals surface area contributed by atoms with Crippen LogP contribution in [-0.4, -0.2) is 18.9 Å². The van der Waals surface area contributed by atoms with E-state index in [1.165, 1.54) is 6.07 Å². The van der Waals surface area contributed by atoms with Gasteiger partial charge < -0.3 is 4.18 Å². The van der Waals surface area contributed by atoms with Gasteiger partial charge in [0.1, 0.15) is 11.6 Å². The monoisotopic (exact) mass is 252 g/mol. The summed E-state index contributed by atoms with van der Waals surface area (Å²) in [5.74, 6) is -0.713. The van der Waals surface area contributed by atoms with Crippen molar-refractivity contribution in [2.45, 2.75) is 5.51 Å². The highest BCUT2D eigenvalue weighted by Crippen LogP contribution is 2.27. The quantitative estimate of drug-likeness (QED) is 0.583. The van der Waals surface area contributed by atoms with Crippen LogP contribution >= 0.6 is 0 Å². The molecule has 16 heavy (non-hydrogen) atoms. The van der Waals surface area contributed by atoms with Crippen LogP contribution in [0, 0.1) is 11.3 Å². The van der Waals surface area contributed by atoms with E-state index in [1.807, 2.05) is 0 Å². The van der Waals surface area contributed by atoms with Crippen LogP contribution in [0.25, 0.3) is 0 Å². The largest absolute Gasteiger partial charge is 0.534 e. The van der Waals surface area contributed by atoms with Crippen molar-refractivity contribution in [1.29, 1.82) is 5.26 Å². The Hall–Kier alpha value is -1.82. The number of hydrogen-bond acceptors (Lipinski definition) is 5. The molecule has 1 rings (SSSR count). The third kappa shape index (κ3) is 2.40. The zero-order valence-corrected chi connectivity index (χ0v) is 8.21. The first kappa shape index (κ1) is 12.3. The van der Waals surface area contributed by atoms with Gasteiger partial charge in [-0.15, -0.1) is 0 Å². The maximum absolute atomic E-state index is 11.9. The van der Waals surface area contributed by atoms with Gasteiger partial charge in [0.15, 0.2) is 5.75 Å². The molecule has 0 unspecified atom stereocenters. The molecule has 1 heterocycles. The molecule has 0 saturated carbocycles. The molecular weight excluding hydrogens is 249 g/mol. The first-order valence-electron chi connectivity index (χ1n) is 3.63. The third-order valence-electron chi connectivity index (χ3n) is 1.38. The topological polar surface area (TPSA) is 80.0 Å². The SMILES string of the molecule is N#Cc1cnccc1OS(=O)(=O)C(F)(F)F. The van der Waals surface area contributed by atoms with Gasteiger partial charge in [-0.1, -0.05) is 0 Å². The maximum atomic E-state index is 11.9. The highest BCUT2D eigenvalue weighted by atomic mass is 32.2. The van der Waals surface area contributed by atoms with Crippen LogP contribution in [0.2, 0.25) is 0 Å². The number of rotatable bonds is 2. The molecule has 0 N–H and O–H groups in total. The molecule has 0 saturated heterocycles. The number of pyridine rings is 1. The average molecular weight is 252 g/mol. The summed E-state index contributed by atoms with van der Waals surface area (Å²) >= 11 is 0. The minimum Gasteiger partial charge on any atom is -0.374 e. The summed E-state index contributed by atoms with van der Waals surface area (Å²) in [5.41, 5.74) is -5.95. The second kappa shape index (κ2) is 3.97. The van der Waals surface area contributed by atoms with E-state index in [2.05, 4.69) is 9.17 Å². The molecule has 0 fully saturated rings. The van der Waals surface area contributed by atoms with Gasteiger partial charge in [0, 0.05) is 18.5 Å². The van der Waals surface area contributed by atoms with E-state index >= 15 is 0 Å². The number of alkyl halides is 3. The molecule has 9 heteroatoms. The summed E-state index contributed by atoms with van der Waals surface area (Å²) < 4.78 is 60.8. The molecule has 0 aliphatic heterocycles. The molecule has 0 amide bonds. The Morgan fingerprint density at radius 1 is 1.44 bits per heavy atom. The van der Waals surface area contributed by atoms with Crippen molar-refractivity contribution in [2.24, 2.45) is 0 Å². The average Bonchev–Trinajstić information content (AvgIpc) is 2.16. The lowest BCUT2D eigenvalue weighted by Crippen LogP contribution is -2.28. The number of halogens is 3. The summed E-state index contributed by atoms with van der Waals surface area (Å²) in [6.07, 6.45) is 1.89. The lowest BCUT2D eigenvalue weighted by Gasteiger charge is -2.09. The molecule has 0 aliphatic carbocycles. The van der Waals surface area contributed by atoms with E-state index in [9.17, 15) is 21.6 Å². The highest BCUT2D eigenvalue weighted by Gasteiger charge is 2.48. The van der Waals surface area contributed by atoms with Crippen molar-refractivity contribution in [3.8, 4) is 11.8 Å². The van der Waals surface area contributed by atoms with Crippen LogP contribution in [0.3, 0.4) is 0 Å². The molecule has 1 aromatic heterocycles. The number of nitrogens with zero attached hydrogens (tertiary/aromatic N) is 2. The summed E-state index contributed by atoms with van der Waals surface area (Å²) in [6.45, 7) is 0. The van der Waals surface area contributed by atoms with Gasteiger partial charge in [-0.2, -0.15) is 26.9 Å². The van der Waals surface area contributed by atoms with Crippen molar-refractivity contribution in [2.75, 3.05) is 0 Å². The zero-order valence-electron chi connectivity index (χ0n) is 7.39. The predicted molar refractivity (Wildman–Crippen MR) is 44.6 cm³/mol. The molecular formula is C7H3F3N2O3S. The van der Waals surface area contributed by atoms with Crippen LogP contribution in [0.1, 0.15) is 5.56 Å². The van der Waals surface area contributed by atoms with E-state index in [4.69, 9.17) is 5.26 Å². The molecule has 0 bridgehead atoms. The van der Waals surface area contributed by atoms with E-state index < -0.39 is 26.9 Å². The molecule has 0 radical (unpaired) electrons. The molecule has 5 nitrogen and oxygen atoms in total. The van der Waals surface area contributed by atoms with E-state index in [0.29, 0.717) is 0 Å². The molecule has 0 aliphatic rings. The van der Waals surface area contributed by atoms with Crippen LogP contribution in [0.4, 0.5) is 13.2 Å². The molecule has 86 valence electrons. The van der Waals surface area contributed by atoms with E-state index in [-0.39, 0.29) is 0 Å². The first-order chi connectivity index (χ1) is 7.28.